The molecule has 2 aromatic carbocycles. The van der Waals surface area contributed by atoms with Crippen LogP contribution < -0.4 is 9.04 Å². The second kappa shape index (κ2) is 9.63. The van der Waals surface area contributed by atoms with Gasteiger partial charge >= 0.3 is 12.3 Å². The molecule has 1 heterocycles. The molecule has 0 amide bonds. The first kappa shape index (κ1) is 25.5. The van der Waals surface area contributed by atoms with Crippen molar-refractivity contribution in [3.05, 3.63) is 58.5 Å². The number of halogens is 3. The number of hydrogen-bond donors (Lipinski definition) is 1. The van der Waals surface area contributed by atoms with Crippen LogP contribution in [0.25, 0.3) is 10.6 Å². The first-order chi connectivity index (χ1) is 15.8. The van der Waals surface area contributed by atoms with Crippen molar-refractivity contribution in [3.63, 3.8) is 0 Å². The molecule has 1 aromatic heterocycles. The Morgan fingerprint density at radius 3 is 2.38 bits per heavy atom. The molecule has 0 unspecified atom stereocenters. The van der Waals surface area contributed by atoms with Crippen LogP contribution in [0, 0.1) is 13.8 Å². The van der Waals surface area contributed by atoms with E-state index in [1.54, 1.807) is 20.8 Å². The van der Waals surface area contributed by atoms with Crippen molar-refractivity contribution in [2.45, 2.75) is 38.4 Å². The molecule has 0 bridgehead atoms. The third-order valence-corrected chi connectivity index (χ3v) is 7.63. The molecule has 0 saturated carbocycles. The average Bonchev–Trinajstić information content (AvgIpc) is 3.22. The van der Waals surface area contributed by atoms with Crippen molar-refractivity contribution in [1.29, 1.82) is 0 Å². The molecule has 12 heteroatoms. The van der Waals surface area contributed by atoms with Crippen LogP contribution >= 0.6 is 11.3 Å². The smallest absolute Gasteiger partial charge is 0.478 e. The predicted octanol–water partition coefficient (Wildman–Crippen LogP) is 5.63. The summed E-state index contributed by atoms with van der Waals surface area (Å²) in [4.78, 5) is 15.8. The van der Waals surface area contributed by atoms with Gasteiger partial charge in [0.2, 0.25) is 0 Å². The summed E-state index contributed by atoms with van der Waals surface area (Å²) in [6.07, 6.45) is -4.34. The number of nitrogens with zero attached hydrogens (tertiary/aromatic N) is 2. The Morgan fingerprint density at radius 1 is 1.18 bits per heavy atom. The quantitative estimate of drug-likeness (QED) is 0.419. The number of carbonyl (C=O) groups is 1. The van der Waals surface area contributed by atoms with Crippen molar-refractivity contribution in [2.75, 3.05) is 10.8 Å². The third kappa shape index (κ3) is 5.50. The number of anilines is 1. The van der Waals surface area contributed by atoms with Crippen LogP contribution in [0.4, 0.5) is 19.0 Å². The van der Waals surface area contributed by atoms with Crippen molar-refractivity contribution < 1.29 is 36.2 Å². The summed E-state index contributed by atoms with van der Waals surface area (Å²) < 4.78 is 69.0. The number of aromatic nitrogens is 1. The van der Waals surface area contributed by atoms with E-state index in [1.165, 1.54) is 23.6 Å². The van der Waals surface area contributed by atoms with E-state index in [4.69, 9.17) is 0 Å². The number of aromatic carboxylic acids is 1. The molecule has 1 N–H and O–H groups in total. The fourth-order valence-electron chi connectivity index (χ4n) is 3.20. The van der Waals surface area contributed by atoms with Crippen LogP contribution in [0.15, 0.2) is 46.7 Å². The molecule has 0 radical (unpaired) electrons. The zero-order chi connectivity index (χ0) is 25.3. The van der Waals surface area contributed by atoms with E-state index in [0.29, 0.717) is 28.1 Å². The van der Waals surface area contributed by atoms with Crippen LogP contribution in [0.2, 0.25) is 0 Å². The van der Waals surface area contributed by atoms with Gasteiger partial charge < -0.3 is 9.84 Å². The van der Waals surface area contributed by atoms with Crippen LogP contribution in [0.5, 0.6) is 5.75 Å². The molecule has 0 saturated heterocycles. The van der Waals surface area contributed by atoms with Gasteiger partial charge in [-0.05, 0) is 67.8 Å². The maximum Gasteiger partial charge on any atom is 0.573 e. The number of benzene rings is 2. The Labute approximate surface area is 198 Å². The first-order valence-electron chi connectivity index (χ1n) is 10.0. The number of hydrogen-bond acceptors (Lipinski definition) is 6. The highest BCUT2D eigenvalue weighted by molar-refractivity contribution is 7.92. The SMILES string of the molecule is CCCN(c1csc(-c2ccc(OC(F)(F)F)cc2)n1)S(=O)(=O)c1cc(C)c(C)c(C(=O)O)c1. The van der Waals surface area contributed by atoms with Gasteiger partial charge in [0.25, 0.3) is 10.0 Å². The maximum atomic E-state index is 13.5. The highest BCUT2D eigenvalue weighted by atomic mass is 32.2. The fourth-order valence-corrected chi connectivity index (χ4v) is 5.69. The molecule has 7 nitrogen and oxygen atoms in total. The van der Waals surface area contributed by atoms with Gasteiger partial charge in [0.1, 0.15) is 10.8 Å². The van der Waals surface area contributed by atoms with E-state index in [9.17, 15) is 31.5 Å². The number of carboxylic acids is 1. The first-order valence-corrected chi connectivity index (χ1v) is 12.3. The number of sulfonamides is 1. The minimum absolute atomic E-state index is 0.0964. The molecule has 0 atom stereocenters. The molecule has 182 valence electrons. The van der Waals surface area contributed by atoms with Gasteiger partial charge in [-0.15, -0.1) is 24.5 Å². The monoisotopic (exact) mass is 514 g/mol. The summed E-state index contributed by atoms with van der Waals surface area (Å²) in [5, 5.41) is 11.4. The van der Waals surface area contributed by atoms with Crippen molar-refractivity contribution in [3.8, 4) is 16.3 Å². The Hall–Kier alpha value is -3.12. The summed E-state index contributed by atoms with van der Waals surface area (Å²) in [7, 11) is -4.14. The van der Waals surface area contributed by atoms with E-state index in [0.717, 1.165) is 33.8 Å². The van der Waals surface area contributed by atoms with Gasteiger partial charge in [-0.3, -0.25) is 0 Å². The lowest BCUT2D eigenvalue weighted by Crippen LogP contribution is -2.32. The standard InChI is InChI=1S/C22H21F3N2O5S2/c1-4-9-27(34(30,31)17-10-13(2)14(3)18(11-17)21(28)29)19-12-33-20(26-19)15-5-7-16(8-6-15)32-22(23,24)25/h5-8,10-12H,4,9H2,1-3H3,(H,28,29). The van der Waals surface area contributed by atoms with Crippen molar-refractivity contribution in [1.82, 2.24) is 4.98 Å². The molecule has 34 heavy (non-hydrogen) atoms. The van der Waals surface area contributed by atoms with Crippen LogP contribution in [-0.4, -0.2) is 37.4 Å². The molecule has 0 aliphatic rings. The number of carboxylic acid groups (broad SMARTS) is 1. The molecular weight excluding hydrogens is 493 g/mol. The molecule has 3 aromatic rings. The van der Waals surface area contributed by atoms with Crippen molar-refractivity contribution >= 4 is 33.1 Å². The molecule has 0 aliphatic heterocycles. The molecule has 0 fully saturated rings. The second-order valence-electron chi connectivity index (χ2n) is 7.38. The highest BCUT2D eigenvalue weighted by Gasteiger charge is 2.31. The van der Waals surface area contributed by atoms with Gasteiger partial charge in [-0.2, -0.15) is 0 Å². The van der Waals surface area contributed by atoms with Gasteiger partial charge in [0.05, 0.1) is 10.5 Å². The Kier molecular flexibility index (Phi) is 7.22. The van der Waals surface area contributed by atoms with E-state index in [2.05, 4.69) is 9.72 Å². The van der Waals surface area contributed by atoms with Gasteiger partial charge in [-0.1, -0.05) is 6.92 Å². The molecular formula is C22H21F3N2O5S2. The zero-order valence-corrected chi connectivity index (χ0v) is 20.0. The van der Waals surface area contributed by atoms with Gasteiger partial charge in [0.15, 0.2) is 5.82 Å². The van der Waals surface area contributed by atoms with E-state index in [-0.39, 0.29) is 28.6 Å². The highest BCUT2D eigenvalue weighted by Crippen LogP contribution is 2.33. The topological polar surface area (TPSA) is 96.8 Å². The lowest BCUT2D eigenvalue weighted by atomic mass is 10.0. The van der Waals surface area contributed by atoms with Gasteiger partial charge in [0, 0.05) is 17.5 Å². The summed E-state index contributed by atoms with van der Waals surface area (Å²) in [5.74, 6) is -1.48. The minimum Gasteiger partial charge on any atom is -0.478 e. The van der Waals surface area contributed by atoms with E-state index < -0.39 is 22.4 Å². The van der Waals surface area contributed by atoms with E-state index in [1.807, 2.05) is 0 Å². The largest absolute Gasteiger partial charge is 0.573 e. The molecule has 0 aliphatic carbocycles. The summed E-state index contributed by atoms with van der Waals surface area (Å²) in [6, 6.07) is 7.64. The zero-order valence-electron chi connectivity index (χ0n) is 18.4. The number of rotatable bonds is 8. The normalized spacial score (nSPS) is 11.9. The molecule has 0 spiro atoms. The Bertz CT molecular complexity index is 1300. The van der Waals surface area contributed by atoms with Crippen molar-refractivity contribution in [2.24, 2.45) is 0 Å². The molecule has 3 rings (SSSR count). The predicted molar refractivity (Wildman–Crippen MR) is 122 cm³/mol. The lowest BCUT2D eigenvalue weighted by molar-refractivity contribution is -0.274. The second-order valence-corrected chi connectivity index (χ2v) is 10.1. The number of ether oxygens (including phenoxy) is 1. The number of thiazole rings is 1. The van der Waals surface area contributed by atoms with Crippen LogP contribution in [0.3, 0.4) is 0 Å². The number of aryl methyl sites for hydroxylation is 1. The fraction of sp³-hybridized carbons (Fsp3) is 0.273. The summed E-state index contributed by atoms with van der Waals surface area (Å²) >= 11 is 1.13. The number of alkyl halides is 3. The van der Waals surface area contributed by atoms with Crippen LogP contribution in [0.1, 0.15) is 34.8 Å². The minimum atomic E-state index is -4.81. The maximum absolute atomic E-state index is 13.5. The Morgan fingerprint density at radius 2 is 1.82 bits per heavy atom. The third-order valence-electron chi connectivity index (χ3n) is 4.97. The summed E-state index contributed by atoms with van der Waals surface area (Å²) in [5.41, 5.74) is 1.38. The lowest BCUT2D eigenvalue weighted by Gasteiger charge is -2.22. The summed E-state index contributed by atoms with van der Waals surface area (Å²) in [6.45, 7) is 5.13. The average molecular weight is 515 g/mol. The van der Waals surface area contributed by atoms with Crippen LogP contribution in [-0.2, 0) is 10.0 Å². The van der Waals surface area contributed by atoms with E-state index >= 15 is 0 Å². The Balaban J connectivity index is 1.97. The van der Waals surface area contributed by atoms with Gasteiger partial charge in [-0.25, -0.2) is 22.5 Å².